The third kappa shape index (κ3) is 2.31. The van der Waals surface area contributed by atoms with Crippen LogP contribution in [0.4, 0.5) is 10.7 Å². The van der Waals surface area contributed by atoms with E-state index >= 15 is 0 Å². The highest BCUT2D eigenvalue weighted by Crippen LogP contribution is 2.46. The normalized spacial score (nSPS) is 27.4. The number of fused-ring (bicyclic) bond motifs is 1. The lowest BCUT2D eigenvalue weighted by molar-refractivity contribution is -0.383. The van der Waals surface area contributed by atoms with Crippen molar-refractivity contribution in [3.05, 3.63) is 21.1 Å². The Kier molecular flexibility index (Phi) is 3.69. The molecule has 1 saturated carbocycles. The van der Waals surface area contributed by atoms with Gasteiger partial charge in [-0.3, -0.25) is 10.1 Å². The maximum absolute atomic E-state index is 11.3. The zero-order valence-electron chi connectivity index (χ0n) is 11.6. The van der Waals surface area contributed by atoms with Crippen LogP contribution in [0.1, 0.15) is 50.0 Å². The fraction of sp³-hybridized carbons (Fsp3) is 0.714. The van der Waals surface area contributed by atoms with E-state index < -0.39 is 6.10 Å². The molecular formula is C14H20N2O3S. The van der Waals surface area contributed by atoms with Crippen LogP contribution in [0.15, 0.2) is 6.07 Å². The fourth-order valence-electron chi connectivity index (χ4n) is 3.64. The summed E-state index contributed by atoms with van der Waals surface area (Å²) >= 11 is 1.39. The monoisotopic (exact) mass is 296 g/mol. The number of rotatable bonds is 3. The molecule has 1 aliphatic heterocycles. The molecule has 2 heterocycles. The second-order valence-electron chi connectivity index (χ2n) is 5.87. The summed E-state index contributed by atoms with van der Waals surface area (Å²) < 4.78 is 0. The van der Waals surface area contributed by atoms with E-state index in [9.17, 15) is 15.2 Å². The predicted octanol–water partition coefficient (Wildman–Crippen LogP) is 3.48. The average molecular weight is 296 g/mol. The second-order valence-corrected chi connectivity index (χ2v) is 6.93. The fourth-order valence-corrected chi connectivity index (χ4v) is 4.78. The van der Waals surface area contributed by atoms with Gasteiger partial charge in [-0.1, -0.05) is 6.42 Å². The minimum absolute atomic E-state index is 0.165. The molecule has 0 amide bonds. The number of thiophene rings is 1. The van der Waals surface area contributed by atoms with Gasteiger partial charge in [-0.15, -0.1) is 11.3 Å². The number of nitrogens with zero attached hydrogens (tertiary/aromatic N) is 2. The summed E-state index contributed by atoms with van der Waals surface area (Å²) in [4.78, 5) is 13.9. The van der Waals surface area contributed by atoms with Crippen molar-refractivity contribution in [2.24, 2.45) is 5.92 Å². The molecule has 0 bridgehead atoms. The molecule has 5 nitrogen and oxygen atoms in total. The largest absolute Gasteiger partial charge is 0.388 e. The van der Waals surface area contributed by atoms with Gasteiger partial charge in [-0.05, 0) is 38.5 Å². The first kappa shape index (κ1) is 13.8. The molecule has 1 saturated heterocycles. The van der Waals surface area contributed by atoms with Crippen LogP contribution in [0.5, 0.6) is 0 Å². The first-order valence-corrected chi connectivity index (χ1v) is 8.12. The zero-order valence-corrected chi connectivity index (χ0v) is 12.4. The van der Waals surface area contributed by atoms with E-state index in [4.69, 9.17) is 0 Å². The van der Waals surface area contributed by atoms with Crippen molar-refractivity contribution in [1.82, 2.24) is 0 Å². The molecule has 0 spiro atoms. The molecule has 20 heavy (non-hydrogen) atoms. The first-order chi connectivity index (χ1) is 9.58. The standard InChI is InChI=1S/C14H20N2O3S/c1-9(17)13-8-12(16(18)19)14(20-13)15-7-3-5-10-4-2-6-11(10)15/h8-11,17H,2-7H2,1H3/t9-,10?,11?/m1/s1. The SMILES string of the molecule is C[C@@H](O)c1cc([N+](=O)[O-])c(N2CCCC3CCCC32)s1. The lowest BCUT2D eigenvalue weighted by Gasteiger charge is -2.38. The molecule has 0 aromatic carbocycles. The Balaban J connectivity index is 1.97. The lowest BCUT2D eigenvalue weighted by Crippen LogP contribution is -2.42. The number of nitro groups is 1. The molecule has 3 rings (SSSR count). The van der Waals surface area contributed by atoms with Crippen molar-refractivity contribution in [3.8, 4) is 0 Å². The minimum Gasteiger partial charge on any atom is -0.388 e. The van der Waals surface area contributed by atoms with Gasteiger partial charge in [-0.2, -0.15) is 0 Å². The lowest BCUT2D eigenvalue weighted by atomic mass is 9.92. The van der Waals surface area contributed by atoms with Crippen molar-refractivity contribution in [1.29, 1.82) is 0 Å². The minimum atomic E-state index is -0.642. The number of hydrogen-bond donors (Lipinski definition) is 1. The maximum atomic E-state index is 11.3. The Morgan fingerprint density at radius 2 is 2.20 bits per heavy atom. The average Bonchev–Trinajstić information content (AvgIpc) is 3.04. The topological polar surface area (TPSA) is 66.6 Å². The maximum Gasteiger partial charge on any atom is 0.304 e. The van der Waals surface area contributed by atoms with Crippen LogP contribution in [-0.4, -0.2) is 22.6 Å². The van der Waals surface area contributed by atoms with Crippen molar-refractivity contribution in [2.75, 3.05) is 11.4 Å². The van der Waals surface area contributed by atoms with E-state index in [1.807, 2.05) is 0 Å². The van der Waals surface area contributed by atoms with Gasteiger partial charge in [0.15, 0.2) is 5.00 Å². The van der Waals surface area contributed by atoms with Crippen molar-refractivity contribution >= 4 is 22.0 Å². The number of hydrogen-bond acceptors (Lipinski definition) is 5. The van der Waals surface area contributed by atoms with E-state index in [-0.39, 0.29) is 10.6 Å². The van der Waals surface area contributed by atoms with Crippen LogP contribution < -0.4 is 4.90 Å². The van der Waals surface area contributed by atoms with Gasteiger partial charge in [-0.25, -0.2) is 0 Å². The number of piperidine rings is 1. The Bertz CT molecular complexity index is 515. The molecule has 3 atom stereocenters. The Morgan fingerprint density at radius 1 is 1.45 bits per heavy atom. The molecule has 110 valence electrons. The Hall–Kier alpha value is -1.14. The number of aliphatic hydroxyl groups excluding tert-OH is 1. The number of aliphatic hydroxyl groups is 1. The van der Waals surface area contributed by atoms with Gasteiger partial charge >= 0.3 is 5.69 Å². The molecule has 0 radical (unpaired) electrons. The van der Waals surface area contributed by atoms with Gasteiger partial charge in [0.2, 0.25) is 0 Å². The van der Waals surface area contributed by atoms with E-state index in [1.165, 1.54) is 30.6 Å². The van der Waals surface area contributed by atoms with Gasteiger partial charge in [0.25, 0.3) is 0 Å². The van der Waals surface area contributed by atoms with Crippen LogP contribution in [-0.2, 0) is 0 Å². The summed E-state index contributed by atoms with van der Waals surface area (Å²) in [7, 11) is 0. The summed E-state index contributed by atoms with van der Waals surface area (Å²) in [5, 5.41) is 21.7. The molecule has 1 N–H and O–H groups in total. The Morgan fingerprint density at radius 3 is 2.90 bits per heavy atom. The molecule has 6 heteroatoms. The van der Waals surface area contributed by atoms with Crippen molar-refractivity contribution in [2.45, 2.75) is 51.2 Å². The van der Waals surface area contributed by atoms with Gasteiger partial charge < -0.3 is 10.0 Å². The van der Waals surface area contributed by atoms with Crippen LogP contribution in [0.2, 0.25) is 0 Å². The Labute approximate surface area is 122 Å². The van der Waals surface area contributed by atoms with E-state index in [1.54, 1.807) is 13.0 Å². The van der Waals surface area contributed by atoms with E-state index in [0.717, 1.165) is 24.4 Å². The first-order valence-electron chi connectivity index (χ1n) is 7.30. The van der Waals surface area contributed by atoms with Crippen LogP contribution in [0.3, 0.4) is 0 Å². The van der Waals surface area contributed by atoms with Crippen LogP contribution in [0.25, 0.3) is 0 Å². The highest BCUT2D eigenvalue weighted by molar-refractivity contribution is 7.16. The summed E-state index contributed by atoms with van der Waals surface area (Å²) in [6, 6.07) is 2.01. The highest BCUT2D eigenvalue weighted by Gasteiger charge is 2.38. The highest BCUT2D eigenvalue weighted by atomic mass is 32.1. The summed E-state index contributed by atoms with van der Waals surface area (Å²) in [6.07, 6.45) is 5.35. The summed E-state index contributed by atoms with van der Waals surface area (Å²) in [5.74, 6) is 0.695. The van der Waals surface area contributed by atoms with Crippen molar-refractivity contribution in [3.63, 3.8) is 0 Å². The molecule has 1 aliphatic carbocycles. The molecule has 1 aromatic rings. The summed E-state index contributed by atoms with van der Waals surface area (Å²) in [6.45, 7) is 2.57. The molecule has 2 unspecified atom stereocenters. The van der Waals surface area contributed by atoms with Gasteiger partial charge in [0.1, 0.15) is 0 Å². The van der Waals surface area contributed by atoms with Gasteiger partial charge in [0.05, 0.1) is 11.0 Å². The third-order valence-electron chi connectivity index (χ3n) is 4.58. The second kappa shape index (κ2) is 5.33. The molecule has 2 fully saturated rings. The quantitative estimate of drug-likeness (QED) is 0.685. The number of anilines is 1. The van der Waals surface area contributed by atoms with Crippen LogP contribution in [0, 0.1) is 16.0 Å². The molecule has 1 aromatic heterocycles. The molecule has 2 aliphatic rings. The van der Waals surface area contributed by atoms with Crippen molar-refractivity contribution < 1.29 is 10.0 Å². The predicted molar refractivity (Wildman–Crippen MR) is 79.3 cm³/mol. The van der Waals surface area contributed by atoms with Gasteiger partial charge in [0, 0.05) is 23.5 Å². The molecular weight excluding hydrogens is 276 g/mol. The zero-order chi connectivity index (χ0) is 14.3. The van der Waals surface area contributed by atoms with Crippen LogP contribution >= 0.6 is 11.3 Å². The summed E-state index contributed by atoms with van der Waals surface area (Å²) in [5.41, 5.74) is 0.165. The smallest absolute Gasteiger partial charge is 0.304 e. The third-order valence-corrected chi connectivity index (χ3v) is 5.91. The van der Waals surface area contributed by atoms with E-state index in [0.29, 0.717) is 16.8 Å². The van der Waals surface area contributed by atoms with E-state index in [2.05, 4.69) is 4.90 Å².